The first-order valence-electron chi connectivity index (χ1n) is 18.6. The quantitative estimate of drug-likeness (QED) is 0.0593. The summed E-state index contributed by atoms with van der Waals surface area (Å²) in [7, 11) is 0. The molecule has 0 radical (unpaired) electrons. The van der Waals surface area contributed by atoms with Crippen LogP contribution in [0.5, 0.6) is 0 Å². The highest BCUT2D eigenvalue weighted by molar-refractivity contribution is 5.91. The normalized spacial score (nSPS) is 24.9. The molecular formula is C37H68O8. The average molecular weight is 641 g/mol. The van der Waals surface area contributed by atoms with Crippen LogP contribution in [0.2, 0.25) is 0 Å². The summed E-state index contributed by atoms with van der Waals surface area (Å²) in [6.45, 7) is 7.54. The number of aliphatic hydroxyl groups is 3. The molecule has 0 bridgehead atoms. The fourth-order valence-corrected chi connectivity index (χ4v) is 6.35. The summed E-state index contributed by atoms with van der Waals surface area (Å²) in [6.07, 6.45) is 22.2. The minimum atomic E-state index is -0.936. The predicted molar refractivity (Wildman–Crippen MR) is 179 cm³/mol. The van der Waals surface area contributed by atoms with Gasteiger partial charge in [-0.05, 0) is 32.3 Å². The molecule has 0 spiro atoms. The summed E-state index contributed by atoms with van der Waals surface area (Å²) in [4.78, 5) is 11.9. The summed E-state index contributed by atoms with van der Waals surface area (Å²) in [6, 6.07) is 0. The predicted octanol–water partition coefficient (Wildman–Crippen LogP) is 7.55. The Kier molecular flexibility index (Phi) is 22.3. The molecule has 0 amide bonds. The molecule has 8 heteroatoms. The van der Waals surface area contributed by atoms with Crippen LogP contribution in [0.4, 0.5) is 0 Å². The molecule has 8 nitrogen and oxygen atoms in total. The van der Waals surface area contributed by atoms with E-state index in [0.717, 1.165) is 38.5 Å². The summed E-state index contributed by atoms with van der Waals surface area (Å²) >= 11 is 0. The molecule has 0 aromatic carbocycles. The maximum absolute atomic E-state index is 11.9. The second kappa shape index (κ2) is 25.0. The van der Waals surface area contributed by atoms with Crippen LogP contribution in [0.3, 0.4) is 0 Å². The molecule has 7 atom stereocenters. The van der Waals surface area contributed by atoms with Crippen LogP contribution in [0.1, 0.15) is 156 Å². The highest BCUT2D eigenvalue weighted by Gasteiger charge is 2.37. The third-order valence-corrected chi connectivity index (χ3v) is 9.42. The van der Waals surface area contributed by atoms with Gasteiger partial charge in [0.05, 0.1) is 18.8 Å². The van der Waals surface area contributed by atoms with Gasteiger partial charge < -0.3 is 34.3 Å². The van der Waals surface area contributed by atoms with E-state index in [1.807, 2.05) is 19.9 Å². The number of cyclic esters (lactones) is 1. The molecule has 0 aromatic rings. The third kappa shape index (κ3) is 17.6. The Morgan fingerprint density at radius 1 is 0.822 bits per heavy atom. The number of carbonyl (C=O) groups is 1. The fraction of sp³-hybridized carbons (Fsp3) is 0.919. The van der Waals surface area contributed by atoms with Crippen molar-refractivity contribution in [1.82, 2.24) is 0 Å². The largest absolute Gasteiger partial charge is 0.455 e. The molecule has 2 aliphatic heterocycles. The highest BCUT2D eigenvalue weighted by atomic mass is 16.7. The number of carbonyl (C=O) groups excluding carboxylic acids is 1. The van der Waals surface area contributed by atoms with Crippen molar-refractivity contribution < 1.29 is 39.1 Å². The molecule has 2 heterocycles. The lowest BCUT2D eigenvalue weighted by Gasteiger charge is -2.36. The average Bonchev–Trinajstić information content (AvgIpc) is 3.37. The topological polar surface area (TPSA) is 115 Å². The van der Waals surface area contributed by atoms with Crippen molar-refractivity contribution in [1.29, 1.82) is 0 Å². The Morgan fingerprint density at radius 2 is 1.36 bits per heavy atom. The van der Waals surface area contributed by atoms with Gasteiger partial charge in [0.15, 0.2) is 6.29 Å². The lowest BCUT2D eigenvalue weighted by molar-refractivity contribution is -0.259. The van der Waals surface area contributed by atoms with Crippen LogP contribution < -0.4 is 0 Å². The molecular weight excluding hydrogens is 572 g/mol. The monoisotopic (exact) mass is 640 g/mol. The standard InChI is InChI=1S/C37H68O8/c1-4-5-6-7-8-12-15-18-21-24-42-28-34-36(40)33(39)27-35(45-34)43-25-22-19-16-13-10-9-11-14-17-20-23-32(38)30(3)31-26-29(2)44-37(31)41/h26,29-30,32-36,38-40H,4-25,27-28H2,1-3H3/t29-,30+,32+,33+,34+,35-,36-/m0/s1. The Balaban J connectivity index is 1.39. The molecule has 0 unspecified atom stereocenters. The van der Waals surface area contributed by atoms with E-state index in [-0.39, 0.29) is 24.6 Å². The van der Waals surface area contributed by atoms with Crippen LogP contribution >= 0.6 is 0 Å². The highest BCUT2D eigenvalue weighted by Crippen LogP contribution is 2.26. The van der Waals surface area contributed by atoms with E-state index in [1.165, 1.54) is 89.9 Å². The van der Waals surface area contributed by atoms with E-state index in [0.29, 0.717) is 25.2 Å². The summed E-state index contributed by atoms with van der Waals surface area (Å²) in [5.41, 5.74) is 0.622. The van der Waals surface area contributed by atoms with Crippen molar-refractivity contribution in [3.63, 3.8) is 0 Å². The van der Waals surface area contributed by atoms with Gasteiger partial charge in [-0.15, -0.1) is 0 Å². The van der Waals surface area contributed by atoms with Gasteiger partial charge in [-0.1, -0.05) is 123 Å². The van der Waals surface area contributed by atoms with Crippen LogP contribution in [0.15, 0.2) is 11.6 Å². The van der Waals surface area contributed by atoms with Crippen molar-refractivity contribution in [3.05, 3.63) is 11.6 Å². The number of ether oxygens (including phenoxy) is 4. The van der Waals surface area contributed by atoms with Gasteiger partial charge in [-0.25, -0.2) is 4.79 Å². The lowest BCUT2D eigenvalue weighted by atomic mass is 9.91. The molecule has 3 N–H and O–H groups in total. The fourth-order valence-electron chi connectivity index (χ4n) is 6.35. The zero-order chi connectivity index (χ0) is 32.7. The molecule has 0 aromatic heterocycles. The van der Waals surface area contributed by atoms with Crippen molar-refractivity contribution in [2.45, 2.75) is 192 Å². The second-order valence-corrected chi connectivity index (χ2v) is 13.6. The number of rotatable bonds is 28. The van der Waals surface area contributed by atoms with Crippen LogP contribution in [0, 0.1) is 5.92 Å². The summed E-state index contributed by atoms with van der Waals surface area (Å²) in [5.74, 6) is -0.451. The van der Waals surface area contributed by atoms with Gasteiger partial charge in [0.25, 0.3) is 0 Å². The first-order valence-corrected chi connectivity index (χ1v) is 18.6. The third-order valence-electron chi connectivity index (χ3n) is 9.42. The number of hydrogen-bond donors (Lipinski definition) is 3. The van der Waals surface area contributed by atoms with Gasteiger partial charge in [0, 0.05) is 31.1 Å². The smallest absolute Gasteiger partial charge is 0.334 e. The Hall–Kier alpha value is -1.03. The first-order chi connectivity index (χ1) is 21.8. The van der Waals surface area contributed by atoms with E-state index >= 15 is 0 Å². The van der Waals surface area contributed by atoms with Gasteiger partial charge in [0.2, 0.25) is 0 Å². The Morgan fingerprint density at radius 3 is 1.91 bits per heavy atom. The van der Waals surface area contributed by atoms with Crippen LogP contribution in [0.25, 0.3) is 0 Å². The van der Waals surface area contributed by atoms with E-state index in [2.05, 4.69) is 6.92 Å². The van der Waals surface area contributed by atoms with Gasteiger partial charge in [-0.2, -0.15) is 0 Å². The summed E-state index contributed by atoms with van der Waals surface area (Å²) < 4.78 is 22.8. The molecule has 2 aliphatic rings. The molecule has 45 heavy (non-hydrogen) atoms. The van der Waals surface area contributed by atoms with Crippen LogP contribution in [-0.2, 0) is 23.7 Å². The van der Waals surface area contributed by atoms with E-state index in [1.54, 1.807) is 0 Å². The zero-order valence-electron chi connectivity index (χ0n) is 29.0. The van der Waals surface area contributed by atoms with Crippen molar-refractivity contribution in [2.24, 2.45) is 5.92 Å². The van der Waals surface area contributed by atoms with E-state index in [4.69, 9.17) is 18.9 Å². The molecule has 1 saturated heterocycles. The lowest BCUT2D eigenvalue weighted by Crippen LogP contribution is -2.51. The van der Waals surface area contributed by atoms with Crippen molar-refractivity contribution in [3.8, 4) is 0 Å². The van der Waals surface area contributed by atoms with Gasteiger partial charge in [0.1, 0.15) is 18.3 Å². The van der Waals surface area contributed by atoms with E-state index in [9.17, 15) is 20.1 Å². The SMILES string of the molecule is CCCCCCCCCCCOC[C@H]1O[C@H](OCCCCCCCCCCCC[C@@H](O)[C@H](C)C2=C[C@H](C)OC2=O)C[C@@H](O)[C@@H]1O. The second-order valence-electron chi connectivity index (χ2n) is 13.6. The first kappa shape index (κ1) is 40.1. The maximum atomic E-state index is 11.9. The Labute approximate surface area is 274 Å². The number of unbranched alkanes of at least 4 members (excludes halogenated alkanes) is 17. The molecule has 264 valence electrons. The molecule has 1 fully saturated rings. The molecule has 0 saturated carbocycles. The van der Waals surface area contributed by atoms with E-state index < -0.39 is 30.7 Å². The van der Waals surface area contributed by atoms with Gasteiger partial charge >= 0.3 is 5.97 Å². The molecule has 2 rings (SSSR count). The van der Waals surface area contributed by atoms with Crippen molar-refractivity contribution >= 4 is 5.97 Å². The van der Waals surface area contributed by atoms with Gasteiger partial charge in [-0.3, -0.25) is 0 Å². The maximum Gasteiger partial charge on any atom is 0.334 e. The van der Waals surface area contributed by atoms with Crippen LogP contribution in [-0.4, -0.2) is 77.9 Å². The summed E-state index contributed by atoms with van der Waals surface area (Å²) in [5, 5.41) is 31.1. The van der Waals surface area contributed by atoms with Crippen molar-refractivity contribution in [2.75, 3.05) is 19.8 Å². The number of esters is 1. The number of hydrogen-bond acceptors (Lipinski definition) is 8. The number of aliphatic hydroxyl groups excluding tert-OH is 3. The molecule has 0 aliphatic carbocycles. The minimum absolute atomic E-state index is 0.168. The Bertz CT molecular complexity index is 774. The minimum Gasteiger partial charge on any atom is -0.455 e. The zero-order valence-corrected chi connectivity index (χ0v) is 29.0.